The topological polar surface area (TPSA) is 46.2 Å². The average molecular weight is 318 g/mol. The number of terminal acetylenes is 1. The maximum Gasteiger partial charge on any atom is 0.224 e. The molecule has 2 rings (SSSR count). The summed E-state index contributed by atoms with van der Waals surface area (Å²) in [4.78, 5) is 24.2. The van der Waals surface area contributed by atoms with E-state index >= 15 is 0 Å². The predicted octanol–water partition coefficient (Wildman–Crippen LogP) is 3.98. The van der Waals surface area contributed by atoms with E-state index < -0.39 is 0 Å². The zero-order valence-electron chi connectivity index (χ0n) is 11.1. The molecule has 0 fully saturated rings. The predicted molar refractivity (Wildman–Crippen MR) is 85.9 cm³/mol. The molecular weight excluding hydrogens is 306 g/mol. The molecule has 1 N–H and O–H groups in total. The van der Waals surface area contributed by atoms with Gasteiger partial charge >= 0.3 is 0 Å². The molecular formula is C16H12ClNO2S. The van der Waals surface area contributed by atoms with Crippen molar-refractivity contribution in [3.63, 3.8) is 0 Å². The number of amides is 1. The van der Waals surface area contributed by atoms with Crippen molar-refractivity contribution in [1.29, 1.82) is 0 Å². The smallest absolute Gasteiger partial charge is 0.224 e. The maximum absolute atomic E-state index is 11.9. The van der Waals surface area contributed by atoms with Gasteiger partial charge in [0.25, 0.3) is 0 Å². The number of thiophene rings is 1. The highest BCUT2D eigenvalue weighted by molar-refractivity contribution is 7.18. The number of Topliss-reactive ketones (excluding diaryl/α,β-unsaturated/α-hetero) is 1. The molecule has 0 spiro atoms. The Morgan fingerprint density at radius 2 is 2.05 bits per heavy atom. The normalized spacial score (nSPS) is 9.90. The number of anilines is 1. The first-order valence-corrected chi connectivity index (χ1v) is 7.43. The van der Waals surface area contributed by atoms with Crippen LogP contribution in [0.1, 0.15) is 28.1 Å². The average Bonchev–Trinajstić information content (AvgIpc) is 2.91. The summed E-state index contributed by atoms with van der Waals surface area (Å²) in [5.41, 5.74) is 1.32. The summed E-state index contributed by atoms with van der Waals surface area (Å²) in [5, 5.41) is 2.72. The highest BCUT2D eigenvalue weighted by Crippen LogP contribution is 2.23. The Kier molecular flexibility index (Phi) is 5.15. The van der Waals surface area contributed by atoms with E-state index in [4.69, 9.17) is 18.0 Å². The quantitative estimate of drug-likeness (QED) is 0.669. The minimum Gasteiger partial charge on any atom is -0.326 e. The first-order valence-electron chi connectivity index (χ1n) is 6.23. The third-order valence-corrected chi connectivity index (χ3v) is 4.01. The van der Waals surface area contributed by atoms with Gasteiger partial charge in [-0.05, 0) is 30.3 Å². The van der Waals surface area contributed by atoms with Gasteiger partial charge in [0, 0.05) is 24.1 Å². The van der Waals surface area contributed by atoms with Crippen LogP contribution in [0.3, 0.4) is 0 Å². The Hall–Kier alpha value is -2.09. The molecule has 0 aliphatic carbocycles. The molecule has 5 heteroatoms. The lowest BCUT2D eigenvalue weighted by Gasteiger charge is -2.05. The molecule has 1 amide bonds. The Morgan fingerprint density at radius 1 is 1.24 bits per heavy atom. The van der Waals surface area contributed by atoms with Crippen LogP contribution in [-0.4, -0.2) is 11.7 Å². The summed E-state index contributed by atoms with van der Waals surface area (Å²) in [7, 11) is 0. The number of carbonyl (C=O) groups excluding carboxylic acids is 2. The van der Waals surface area contributed by atoms with Crippen LogP contribution in [-0.2, 0) is 4.79 Å². The zero-order chi connectivity index (χ0) is 15.2. The summed E-state index contributed by atoms with van der Waals surface area (Å²) < 4.78 is 0.564. The fraction of sp³-hybridized carbons (Fsp3) is 0.125. The molecule has 1 aromatic heterocycles. The van der Waals surface area contributed by atoms with Crippen LogP contribution >= 0.6 is 22.9 Å². The molecule has 1 aromatic carbocycles. The molecule has 0 radical (unpaired) electrons. The van der Waals surface area contributed by atoms with Crippen LogP contribution in [0.25, 0.3) is 0 Å². The van der Waals surface area contributed by atoms with Crippen molar-refractivity contribution in [3.05, 3.63) is 51.2 Å². The third kappa shape index (κ3) is 4.45. The number of halogens is 1. The van der Waals surface area contributed by atoms with Crippen molar-refractivity contribution < 1.29 is 9.59 Å². The van der Waals surface area contributed by atoms with E-state index in [1.165, 1.54) is 11.3 Å². The minimum atomic E-state index is -0.222. The number of rotatable bonds is 5. The van der Waals surface area contributed by atoms with Crippen molar-refractivity contribution in [1.82, 2.24) is 0 Å². The summed E-state index contributed by atoms with van der Waals surface area (Å²) in [5.74, 6) is 2.19. The van der Waals surface area contributed by atoms with Crippen molar-refractivity contribution >= 4 is 40.3 Å². The van der Waals surface area contributed by atoms with Crippen LogP contribution in [0.4, 0.5) is 5.69 Å². The first kappa shape index (κ1) is 15.3. The van der Waals surface area contributed by atoms with Gasteiger partial charge in [-0.15, -0.1) is 17.8 Å². The molecule has 0 unspecified atom stereocenters. The standard InChI is InChI=1S/C16H12ClNO2S/c1-2-11-4-3-5-12(10-11)18-16(20)9-6-13(19)14-7-8-15(17)21-14/h1,3-5,7-8,10H,6,9H2,(H,18,20). The van der Waals surface area contributed by atoms with Crippen LogP contribution in [0, 0.1) is 12.3 Å². The van der Waals surface area contributed by atoms with Crippen molar-refractivity contribution in [2.45, 2.75) is 12.8 Å². The second-order valence-electron chi connectivity index (χ2n) is 4.30. The van der Waals surface area contributed by atoms with E-state index in [1.807, 2.05) is 0 Å². The second kappa shape index (κ2) is 7.07. The Morgan fingerprint density at radius 3 is 2.71 bits per heavy atom. The number of carbonyl (C=O) groups is 2. The Bertz CT molecular complexity index is 715. The highest BCUT2D eigenvalue weighted by atomic mass is 35.5. The van der Waals surface area contributed by atoms with E-state index in [2.05, 4.69) is 11.2 Å². The Labute approximate surface area is 131 Å². The minimum absolute atomic E-state index is 0.0839. The molecule has 0 saturated carbocycles. The van der Waals surface area contributed by atoms with Gasteiger partial charge in [-0.2, -0.15) is 0 Å². The summed E-state index contributed by atoms with van der Waals surface area (Å²) in [6.45, 7) is 0. The molecule has 0 aliphatic rings. The van der Waals surface area contributed by atoms with Gasteiger partial charge in [-0.3, -0.25) is 9.59 Å². The van der Waals surface area contributed by atoms with E-state index in [1.54, 1.807) is 36.4 Å². The van der Waals surface area contributed by atoms with E-state index in [0.717, 1.165) is 0 Å². The fourth-order valence-electron chi connectivity index (χ4n) is 1.72. The van der Waals surface area contributed by atoms with Crippen LogP contribution in [0.5, 0.6) is 0 Å². The van der Waals surface area contributed by atoms with Gasteiger partial charge in [0.2, 0.25) is 5.91 Å². The second-order valence-corrected chi connectivity index (χ2v) is 6.02. The van der Waals surface area contributed by atoms with Gasteiger partial charge in [0.05, 0.1) is 9.21 Å². The third-order valence-electron chi connectivity index (χ3n) is 2.74. The zero-order valence-corrected chi connectivity index (χ0v) is 12.6. The molecule has 0 bridgehead atoms. The lowest BCUT2D eigenvalue weighted by atomic mass is 10.1. The van der Waals surface area contributed by atoms with Crippen molar-refractivity contribution in [3.8, 4) is 12.3 Å². The maximum atomic E-state index is 11.9. The molecule has 0 atom stereocenters. The van der Waals surface area contributed by atoms with Crippen molar-refractivity contribution in [2.75, 3.05) is 5.32 Å². The highest BCUT2D eigenvalue weighted by Gasteiger charge is 2.11. The van der Waals surface area contributed by atoms with E-state index in [0.29, 0.717) is 20.5 Å². The molecule has 2 aromatic rings. The Balaban J connectivity index is 1.87. The number of hydrogen-bond donors (Lipinski definition) is 1. The number of ketones is 1. The molecule has 0 aliphatic heterocycles. The molecule has 1 heterocycles. The molecule has 0 saturated heterocycles. The molecule has 106 valence electrons. The largest absolute Gasteiger partial charge is 0.326 e. The number of nitrogens with one attached hydrogen (secondary N) is 1. The van der Waals surface area contributed by atoms with Crippen molar-refractivity contribution in [2.24, 2.45) is 0 Å². The van der Waals surface area contributed by atoms with E-state index in [9.17, 15) is 9.59 Å². The van der Waals surface area contributed by atoms with Gasteiger partial charge in [0.15, 0.2) is 5.78 Å². The van der Waals surface area contributed by atoms with Gasteiger partial charge in [-0.25, -0.2) is 0 Å². The van der Waals surface area contributed by atoms with Gasteiger partial charge < -0.3 is 5.32 Å². The number of benzene rings is 1. The first-order chi connectivity index (χ1) is 10.1. The van der Waals surface area contributed by atoms with Gasteiger partial charge in [0.1, 0.15) is 0 Å². The SMILES string of the molecule is C#Cc1cccc(NC(=O)CCC(=O)c2ccc(Cl)s2)c1. The van der Waals surface area contributed by atoms with Crippen LogP contribution in [0.2, 0.25) is 4.34 Å². The lowest BCUT2D eigenvalue weighted by Crippen LogP contribution is -2.13. The lowest BCUT2D eigenvalue weighted by molar-refractivity contribution is -0.116. The summed E-state index contributed by atoms with van der Waals surface area (Å²) >= 11 is 6.99. The summed E-state index contributed by atoms with van der Waals surface area (Å²) in [6.07, 6.45) is 5.57. The monoisotopic (exact) mass is 317 g/mol. The molecule has 21 heavy (non-hydrogen) atoms. The fourth-order valence-corrected chi connectivity index (χ4v) is 2.74. The van der Waals surface area contributed by atoms with Crippen LogP contribution in [0.15, 0.2) is 36.4 Å². The number of hydrogen-bond acceptors (Lipinski definition) is 3. The summed E-state index contributed by atoms with van der Waals surface area (Å²) in [6, 6.07) is 10.3. The van der Waals surface area contributed by atoms with Gasteiger partial charge in [-0.1, -0.05) is 23.6 Å². The van der Waals surface area contributed by atoms with Crippen LogP contribution < -0.4 is 5.32 Å². The van der Waals surface area contributed by atoms with E-state index in [-0.39, 0.29) is 24.5 Å². The molecule has 3 nitrogen and oxygen atoms in total.